The zero-order valence-corrected chi connectivity index (χ0v) is 12.4. The third-order valence-electron chi connectivity index (χ3n) is 4.17. The Morgan fingerprint density at radius 3 is 2.32 bits per heavy atom. The third kappa shape index (κ3) is 2.68. The molecular weight excluding hydrogens is 278 g/mol. The summed E-state index contributed by atoms with van der Waals surface area (Å²) in [5.74, 6) is 0.0534. The molecule has 2 aromatic carbocycles. The minimum absolute atomic E-state index is 0.0446. The van der Waals surface area contributed by atoms with Crippen LogP contribution in [0, 0.1) is 0 Å². The summed E-state index contributed by atoms with van der Waals surface area (Å²) >= 11 is 0. The van der Waals surface area contributed by atoms with Gasteiger partial charge in [0.15, 0.2) is 5.78 Å². The van der Waals surface area contributed by atoms with Gasteiger partial charge in [0.25, 0.3) is 0 Å². The highest BCUT2D eigenvalue weighted by atomic mass is 16.3. The van der Waals surface area contributed by atoms with Gasteiger partial charge in [0.2, 0.25) is 0 Å². The number of carbonyl (C=O) groups excluding carboxylic acids is 1. The van der Waals surface area contributed by atoms with Crippen molar-refractivity contribution in [3.63, 3.8) is 0 Å². The van der Waals surface area contributed by atoms with Gasteiger partial charge in [-0.2, -0.15) is 0 Å². The monoisotopic (exact) mass is 298 g/mol. The van der Waals surface area contributed by atoms with Crippen LogP contribution in [0.3, 0.4) is 0 Å². The van der Waals surface area contributed by atoms with Gasteiger partial charge in [0.05, 0.1) is 18.8 Å². The second-order valence-electron chi connectivity index (χ2n) is 5.62. The van der Waals surface area contributed by atoms with Crippen molar-refractivity contribution in [3.8, 4) is 0 Å². The highest BCUT2D eigenvalue weighted by Gasteiger charge is 2.24. The normalized spacial score (nSPS) is 13.8. The summed E-state index contributed by atoms with van der Waals surface area (Å²) in [6.45, 7) is 1.66. The highest BCUT2D eigenvalue weighted by molar-refractivity contribution is 6.22. The molecule has 0 aliphatic heterocycles. The summed E-state index contributed by atoms with van der Waals surface area (Å²) in [7, 11) is 0. The molecule has 0 atom stereocenters. The molecule has 3 rings (SSSR count). The van der Waals surface area contributed by atoms with Crippen LogP contribution in [-0.2, 0) is 0 Å². The number of Topliss-reactive ketones (excluding diaryl/α,β-unsaturated/α-hetero) is 1. The Morgan fingerprint density at radius 1 is 0.955 bits per heavy atom. The van der Waals surface area contributed by atoms with E-state index in [0.717, 1.165) is 32.4 Å². The van der Waals surface area contributed by atoms with Crippen LogP contribution in [0.4, 0.5) is 0 Å². The molecule has 0 unspecified atom stereocenters. The van der Waals surface area contributed by atoms with Gasteiger partial charge < -0.3 is 15.1 Å². The molecule has 4 nitrogen and oxygen atoms in total. The molecule has 114 valence electrons. The van der Waals surface area contributed by atoms with Crippen LogP contribution < -0.4 is 4.90 Å². The average molecular weight is 298 g/mol. The average Bonchev–Trinajstić information content (AvgIpc) is 2.53. The molecule has 0 aromatic heterocycles. The molecule has 0 fully saturated rings. The first-order valence-corrected chi connectivity index (χ1v) is 7.57. The summed E-state index contributed by atoms with van der Waals surface area (Å²) < 4.78 is 0. The van der Waals surface area contributed by atoms with E-state index >= 15 is 0 Å². The molecule has 4 heteroatoms. The number of hydrogen-bond acceptors (Lipinski definition) is 3. The Labute approximate surface area is 129 Å². The van der Waals surface area contributed by atoms with Crippen LogP contribution in [0.25, 0.3) is 16.8 Å². The number of carbonyl (C=O) groups is 1. The Hall–Kier alpha value is -2.01. The van der Waals surface area contributed by atoms with Crippen molar-refractivity contribution in [2.75, 3.05) is 32.8 Å². The second kappa shape index (κ2) is 6.40. The lowest BCUT2D eigenvalue weighted by Crippen LogP contribution is -3.13. The van der Waals surface area contributed by atoms with E-state index in [-0.39, 0.29) is 19.0 Å². The quantitative estimate of drug-likeness (QED) is 0.718. The van der Waals surface area contributed by atoms with Crippen molar-refractivity contribution in [2.45, 2.75) is 0 Å². The molecule has 1 aliphatic rings. The van der Waals surface area contributed by atoms with E-state index in [2.05, 4.69) is 0 Å². The minimum Gasteiger partial charge on any atom is -0.391 e. The molecule has 0 spiro atoms. The lowest BCUT2D eigenvalue weighted by molar-refractivity contribution is -0.895. The number of aliphatic hydroxyl groups excluding tert-OH is 2. The Morgan fingerprint density at radius 2 is 1.64 bits per heavy atom. The van der Waals surface area contributed by atoms with E-state index in [1.807, 2.05) is 42.5 Å². The lowest BCUT2D eigenvalue weighted by atomic mass is 9.88. The largest absolute Gasteiger partial charge is 0.391 e. The Bertz CT molecular complexity index is 725. The van der Waals surface area contributed by atoms with E-state index in [0.29, 0.717) is 19.6 Å². The molecule has 0 radical (unpaired) electrons. The van der Waals surface area contributed by atoms with Crippen molar-refractivity contribution in [1.29, 1.82) is 0 Å². The summed E-state index contributed by atoms with van der Waals surface area (Å²) in [6, 6.07) is 11.8. The number of rotatable bonds is 6. The first-order chi connectivity index (χ1) is 10.7. The molecule has 0 heterocycles. The van der Waals surface area contributed by atoms with Gasteiger partial charge >= 0.3 is 0 Å². The summed E-state index contributed by atoms with van der Waals surface area (Å²) in [5.41, 5.74) is 2.55. The van der Waals surface area contributed by atoms with Gasteiger partial charge in [-0.05, 0) is 17.0 Å². The van der Waals surface area contributed by atoms with Crippen LogP contribution >= 0.6 is 0 Å². The molecule has 22 heavy (non-hydrogen) atoms. The van der Waals surface area contributed by atoms with Gasteiger partial charge in [-0.25, -0.2) is 0 Å². The van der Waals surface area contributed by atoms with E-state index in [1.165, 1.54) is 0 Å². The summed E-state index contributed by atoms with van der Waals surface area (Å²) in [5, 5.41) is 20.4. The van der Waals surface area contributed by atoms with Crippen LogP contribution in [0.2, 0.25) is 0 Å². The van der Waals surface area contributed by atoms with Gasteiger partial charge in [-0.15, -0.1) is 0 Å². The first kappa shape index (κ1) is 14.9. The van der Waals surface area contributed by atoms with Crippen molar-refractivity contribution in [3.05, 3.63) is 53.1 Å². The number of quaternary nitrogens is 1. The zero-order chi connectivity index (χ0) is 15.5. The maximum atomic E-state index is 12.7. The van der Waals surface area contributed by atoms with Gasteiger partial charge in [0.1, 0.15) is 19.6 Å². The SMILES string of the molecule is O=C1C(C[NH+](CCO)CCO)=Cc2cccc3cccc1c23. The molecule has 2 aromatic rings. The van der Waals surface area contributed by atoms with E-state index in [1.54, 1.807) is 0 Å². The maximum Gasteiger partial charge on any atom is 0.195 e. The van der Waals surface area contributed by atoms with Crippen molar-refractivity contribution >= 4 is 22.6 Å². The third-order valence-corrected chi connectivity index (χ3v) is 4.17. The highest BCUT2D eigenvalue weighted by Crippen LogP contribution is 2.30. The topological polar surface area (TPSA) is 62.0 Å². The first-order valence-electron chi connectivity index (χ1n) is 7.57. The lowest BCUT2D eigenvalue weighted by Gasteiger charge is -2.21. The molecular formula is C18H20NO3+. The summed E-state index contributed by atoms with van der Waals surface area (Å²) in [4.78, 5) is 13.8. The van der Waals surface area contributed by atoms with Gasteiger partial charge in [0, 0.05) is 10.9 Å². The fraction of sp³-hybridized carbons (Fsp3) is 0.278. The summed E-state index contributed by atoms with van der Waals surface area (Å²) in [6.07, 6.45) is 1.95. The van der Waals surface area contributed by atoms with E-state index in [9.17, 15) is 4.79 Å². The second-order valence-corrected chi connectivity index (χ2v) is 5.62. The van der Waals surface area contributed by atoms with Crippen LogP contribution in [0.5, 0.6) is 0 Å². The molecule has 0 bridgehead atoms. The van der Waals surface area contributed by atoms with Crippen molar-refractivity contribution in [2.24, 2.45) is 0 Å². The van der Waals surface area contributed by atoms with Crippen LogP contribution in [0.1, 0.15) is 15.9 Å². The molecule has 3 N–H and O–H groups in total. The fourth-order valence-electron chi connectivity index (χ4n) is 3.12. The van der Waals surface area contributed by atoms with Crippen molar-refractivity contribution in [1.82, 2.24) is 0 Å². The van der Waals surface area contributed by atoms with Gasteiger partial charge in [-0.3, -0.25) is 4.79 Å². The predicted octanol–water partition coefficient (Wildman–Crippen LogP) is 0.289. The van der Waals surface area contributed by atoms with Gasteiger partial charge in [-0.1, -0.05) is 36.4 Å². The standard InChI is InChI=1S/C18H19NO3/c20-9-7-19(8-10-21)12-15-11-14-5-1-3-13-4-2-6-16(17(13)14)18(15)22/h1-6,11,20-21H,7-10,12H2/p+1. The van der Waals surface area contributed by atoms with Crippen LogP contribution in [-0.4, -0.2) is 48.8 Å². The zero-order valence-electron chi connectivity index (χ0n) is 12.4. The molecule has 0 saturated heterocycles. The number of hydrogen-bond donors (Lipinski definition) is 3. The Balaban J connectivity index is 1.99. The minimum atomic E-state index is 0.0446. The van der Waals surface area contributed by atoms with Crippen molar-refractivity contribution < 1.29 is 19.9 Å². The number of benzene rings is 2. The van der Waals surface area contributed by atoms with E-state index < -0.39 is 0 Å². The fourth-order valence-corrected chi connectivity index (χ4v) is 3.12. The molecule has 0 amide bonds. The smallest absolute Gasteiger partial charge is 0.195 e. The van der Waals surface area contributed by atoms with Crippen LogP contribution in [0.15, 0.2) is 42.0 Å². The van der Waals surface area contributed by atoms with E-state index in [4.69, 9.17) is 10.2 Å². The number of ketones is 1. The predicted molar refractivity (Wildman–Crippen MR) is 86.0 cm³/mol. The number of nitrogens with one attached hydrogen (secondary N) is 1. The molecule has 0 saturated carbocycles. The maximum absolute atomic E-state index is 12.7. The Kier molecular flexibility index (Phi) is 4.34. The molecule has 1 aliphatic carbocycles. The number of aliphatic hydroxyl groups is 2.